The number of aromatic nitrogens is 2. The van der Waals surface area contributed by atoms with Gasteiger partial charge >= 0.3 is 0 Å². The molecule has 0 unspecified atom stereocenters. The maximum absolute atomic E-state index is 13.9. The molecular weight excluding hydrogens is 815 g/mol. The fraction of sp³-hybridized carbons (Fsp3) is 0.511. The van der Waals surface area contributed by atoms with Crippen molar-refractivity contribution in [1.82, 2.24) is 25.1 Å². The number of hydrogen-bond donors (Lipinski definition) is 3. The molecule has 9 rings (SSSR count). The predicted octanol–water partition coefficient (Wildman–Crippen LogP) is 7.69. The second kappa shape index (κ2) is 16.0. The maximum Gasteiger partial charge on any atom is 0.287 e. The van der Waals surface area contributed by atoms with E-state index in [9.17, 15) is 37.9 Å². The van der Waals surface area contributed by atoms with Gasteiger partial charge in [-0.2, -0.15) is 8.78 Å². The van der Waals surface area contributed by atoms with Gasteiger partial charge in [0.2, 0.25) is 11.8 Å². The first-order valence-corrected chi connectivity index (χ1v) is 22.7. The number of rotatable bonds is 12. The Balaban J connectivity index is 0.735. The molecule has 1 spiro atoms. The molecule has 326 valence electrons. The molecule has 2 saturated carbocycles. The van der Waals surface area contributed by atoms with Gasteiger partial charge in [0.05, 0.1) is 32.0 Å². The molecule has 1 atom stereocenters. The Kier molecular flexibility index (Phi) is 10.9. The molecule has 3 aliphatic heterocycles. The Hall–Kier alpha value is -4.99. The van der Waals surface area contributed by atoms with Gasteiger partial charge in [-0.3, -0.25) is 34.2 Å². The van der Waals surface area contributed by atoms with E-state index in [1.54, 1.807) is 37.3 Å². The fourth-order valence-electron chi connectivity index (χ4n) is 10.8. The van der Waals surface area contributed by atoms with E-state index in [1.165, 1.54) is 31.0 Å². The van der Waals surface area contributed by atoms with Crippen molar-refractivity contribution < 1.29 is 37.9 Å². The second-order valence-electron chi connectivity index (χ2n) is 19.1. The van der Waals surface area contributed by atoms with Crippen LogP contribution in [0.15, 0.2) is 48.5 Å². The topological polar surface area (TPSA) is 162 Å². The van der Waals surface area contributed by atoms with Gasteiger partial charge in [0.1, 0.15) is 17.4 Å². The van der Waals surface area contributed by atoms with E-state index in [2.05, 4.69) is 20.5 Å². The Morgan fingerprint density at radius 2 is 1.69 bits per heavy atom. The number of halogens is 2. The number of alkyl halides is 2. The van der Waals surface area contributed by atoms with Crippen molar-refractivity contribution in [2.75, 3.05) is 25.0 Å². The van der Waals surface area contributed by atoms with Crippen LogP contribution in [0.1, 0.15) is 144 Å². The fourth-order valence-corrected chi connectivity index (χ4v) is 11.9. The number of nitrogens with zero attached hydrogens (tertiary/aromatic N) is 4. The quantitative estimate of drug-likeness (QED) is 0.121. The van der Waals surface area contributed by atoms with Crippen molar-refractivity contribution in [3.8, 4) is 0 Å². The van der Waals surface area contributed by atoms with Crippen LogP contribution in [-0.4, -0.2) is 80.1 Å². The van der Waals surface area contributed by atoms with Crippen LogP contribution in [-0.2, 0) is 27.5 Å². The van der Waals surface area contributed by atoms with Crippen LogP contribution >= 0.6 is 11.3 Å². The van der Waals surface area contributed by atoms with Crippen LogP contribution < -0.4 is 10.6 Å². The molecule has 0 radical (unpaired) electrons. The van der Waals surface area contributed by atoms with Crippen LogP contribution in [0.25, 0.3) is 10.2 Å². The molecule has 2 aliphatic carbocycles. The van der Waals surface area contributed by atoms with Crippen LogP contribution in [0.4, 0.5) is 14.5 Å². The molecule has 4 aromatic rings. The molecule has 5 aliphatic rings. The van der Waals surface area contributed by atoms with E-state index in [0.717, 1.165) is 90.8 Å². The Labute approximate surface area is 362 Å². The third-order valence-electron chi connectivity index (χ3n) is 13.8. The number of imide groups is 2. The molecule has 2 aromatic heterocycles. The summed E-state index contributed by atoms with van der Waals surface area (Å²) in [4.78, 5) is 76.6. The average Bonchev–Trinajstić information content (AvgIpc) is 3.73. The Morgan fingerprint density at radius 3 is 2.40 bits per heavy atom. The molecule has 12 nitrogen and oxygen atoms in total. The number of aryl methyl sites for hydroxylation is 1. The van der Waals surface area contributed by atoms with Crippen molar-refractivity contribution in [2.45, 2.75) is 115 Å². The minimum Gasteiger partial charge on any atom is -0.386 e. The lowest BCUT2D eigenvalue weighted by Crippen LogP contribution is -2.62. The SMILES string of the molecule is CC(C)(O)c1cc2nc(C3CCC(CN4CC5(CC(CCCc6cccc7c6C(=O)N([C@H]6CCC(=O)NC6=O)C7=O)C5)C4)CC3)sc2cc1NC(=O)c1cccc(C(C)(F)F)n1. The number of carbonyl (C=O) groups excluding carboxylic acids is 5. The summed E-state index contributed by atoms with van der Waals surface area (Å²) in [5, 5.41) is 17.2. The third kappa shape index (κ3) is 8.19. The number of piperidine rings is 1. The van der Waals surface area contributed by atoms with Gasteiger partial charge in [0.25, 0.3) is 23.6 Å². The van der Waals surface area contributed by atoms with E-state index in [0.29, 0.717) is 52.0 Å². The summed E-state index contributed by atoms with van der Waals surface area (Å²) in [6.07, 6.45) is 9.76. The number of hydrogen-bond acceptors (Lipinski definition) is 10. The number of fused-ring (bicyclic) bond motifs is 2. The van der Waals surface area contributed by atoms with E-state index in [1.807, 2.05) is 18.2 Å². The summed E-state index contributed by atoms with van der Waals surface area (Å²) in [6.45, 7) is 7.42. The van der Waals surface area contributed by atoms with Crippen LogP contribution in [0.5, 0.6) is 0 Å². The number of pyridine rings is 1. The highest BCUT2D eigenvalue weighted by molar-refractivity contribution is 7.18. The highest BCUT2D eigenvalue weighted by Crippen LogP contribution is 2.54. The van der Waals surface area contributed by atoms with E-state index >= 15 is 0 Å². The molecule has 15 heteroatoms. The molecule has 5 amide bonds. The zero-order valence-corrected chi connectivity index (χ0v) is 36.1. The molecular formula is C47H52F2N6O6S. The smallest absolute Gasteiger partial charge is 0.287 e. The lowest BCUT2D eigenvalue weighted by atomic mass is 9.56. The minimum atomic E-state index is -3.19. The number of aliphatic hydroxyl groups is 1. The monoisotopic (exact) mass is 866 g/mol. The van der Waals surface area contributed by atoms with E-state index < -0.39 is 46.9 Å². The van der Waals surface area contributed by atoms with E-state index in [4.69, 9.17) is 4.98 Å². The van der Waals surface area contributed by atoms with Crippen LogP contribution in [0.2, 0.25) is 0 Å². The largest absolute Gasteiger partial charge is 0.386 e. The first-order chi connectivity index (χ1) is 29.4. The number of anilines is 1. The zero-order valence-electron chi connectivity index (χ0n) is 35.3. The Bertz CT molecular complexity index is 2470. The zero-order chi connectivity index (χ0) is 43.7. The van der Waals surface area contributed by atoms with Gasteiger partial charge in [0, 0.05) is 50.1 Å². The van der Waals surface area contributed by atoms with Crippen molar-refractivity contribution in [1.29, 1.82) is 0 Å². The summed E-state index contributed by atoms with van der Waals surface area (Å²) < 4.78 is 28.7. The predicted molar refractivity (Wildman–Crippen MR) is 229 cm³/mol. The lowest BCUT2D eigenvalue weighted by Gasteiger charge is -2.60. The average molecular weight is 867 g/mol. The standard InChI is InChI=1S/C47H52F2N6O6S/c1-45(2,61)31-19-34-36(20-33(31)51-40(57)32-11-6-12-37(50-32)46(3,48)49)62-42(52-34)29-15-13-26(14-16-29)23-54-24-47(25-54)21-27(22-47)7-4-8-28-9-5-10-30-39(28)44(60)55(43(30)59)35-17-18-38(56)53-41(35)58/h5-6,9-12,19-20,26-27,29,35,61H,4,7-8,13-18,21-25H2,1-3H3,(H,51,57)(H,53,56,58)/t26?,29?,35-/m0/s1. The maximum atomic E-state index is 13.9. The molecule has 5 heterocycles. The molecule has 0 bridgehead atoms. The molecule has 3 N–H and O–H groups in total. The summed E-state index contributed by atoms with van der Waals surface area (Å²) >= 11 is 1.60. The molecule has 2 saturated heterocycles. The summed E-state index contributed by atoms with van der Waals surface area (Å²) in [7, 11) is 0. The number of benzene rings is 2. The van der Waals surface area contributed by atoms with Crippen molar-refractivity contribution >= 4 is 56.8 Å². The highest BCUT2D eigenvalue weighted by atomic mass is 32.1. The van der Waals surface area contributed by atoms with Crippen molar-refractivity contribution in [3.05, 3.63) is 87.2 Å². The van der Waals surface area contributed by atoms with Crippen molar-refractivity contribution in [3.63, 3.8) is 0 Å². The van der Waals surface area contributed by atoms with Gasteiger partial charge < -0.3 is 15.3 Å². The summed E-state index contributed by atoms with van der Waals surface area (Å²) in [5.41, 5.74) is 1.71. The lowest BCUT2D eigenvalue weighted by molar-refractivity contribution is -0.136. The number of nitrogens with one attached hydrogen (secondary N) is 2. The van der Waals surface area contributed by atoms with Crippen LogP contribution in [0.3, 0.4) is 0 Å². The first kappa shape index (κ1) is 42.3. The summed E-state index contributed by atoms with van der Waals surface area (Å²) in [6, 6.07) is 12.0. The summed E-state index contributed by atoms with van der Waals surface area (Å²) in [5.74, 6) is -4.07. The van der Waals surface area contributed by atoms with Gasteiger partial charge in [0.15, 0.2) is 0 Å². The number of likely N-dealkylation sites (tertiary alicyclic amines) is 1. The van der Waals surface area contributed by atoms with E-state index in [-0.39, 0.29) is 24.4 Å². The molecule has 2 aromatic carbocycles. The molecule has 4 fully saturated rings. The van der Waals surface area contributed by atoms with Gasteiger partial charge in [-0.1, -0.05) is 24.6 Å². The second-order valence-corrected chi connectivity index (χ2v) is 20.1. The minimum absolute atomic E-state index is 0.0975. The number of amides is 5. The van der Waals surface area contributed by atoms with Gasteiger partial charge in [-0.25, -0.2) is 9.97 Å². The van der Waals surface area contributed by atoms with Gasteiger partial charge in [-0.05, 0) is 125 Å². The number of carbonyl (C=O) groups is 5. The normalized spacial score (nSPS) is 23.1. The number of thiazole rings is 1. The van der Waals surface area contributed by atoms with Crippen molar-refractivity contribution in [2.24, 2.45) is 17.3 Å². The highest BCUT2D eigenvalue weighted by Gasteiger charge is 2.52. The third-order valence-corrected chi connectivity index (χ3v) is 15.0. The molecule has 62 heavy (non-hydrogen) atoms. The Morgan fingerprint density at radius 1 is 0.952 bits per heavy atom. The van der Waals surface area contributed by atoms with Crippen LogP contribution in [0, 0.1) is 17.3 Å². The van der Waals surface area contributed by atoms with Gasteiger partial charge in [-0.15, -0.1) is 11.3 Å². The first-order valence-electron chi connectivity index (χ1n) is 21.8.